The molecule has 1 amide bonds. The van der Waals surface area contributed by atoms with E-state index in [1.165, 1.54) is 18.7 Å². The number of nitrogens with one attached hydrogen (secondary N) is 1. The molecule has 4 nitrogen and oxygen atoms in total. The Hall–Kier alpha value is -2.02. The monoisotopic (exact) mass is 368 g/mol. The van der Waals surface area contributed by atoms with Crippen molar-refractivity contribution < 1.29 is 18.3 Å². The summed E-state index contributed by atoms with van der Waals surface area (Å²) in [4.78, 5) is 11.5. The highest BCUT2D eigenvalue weighted by molar-refractivity contribution is 6.30. The lowest BCUT2D eigenvalue weighted by Gasteiger charge is -2.27. The molecule has 0 radical (unpaired) electrons. The molecule has 134 valence electrons. The molecule has 2 aromatic carbocycles. The summed E-state index contributed by atoms with van der Waals surface area (Å²) in [7, 11) is 1.37. The number of hydroxylamine groups is 1. The molecule has 0 fully saturated rings. The van der Waals surface area contributed by atoms with Crippen molar-refractivity contribution in [3.63, 3.8) is 0 Å². The molecule has 7 heteroatoms. The van der Waals surface area contributed by atoms with Gasteiger partial charge >= 0.3 is 0 Å². The van der Waals surface area contributed by atoms with Gasteiger partial charge in [-0.1, -0.05) is 29.8 Å². The molecule has 0 saturated heterocycles. The average Bonchev–Trinajstić information content (AvgIpc) is 2.60. The molecular formula is C18H17ClF2NO3-. The minimum Gasteiger partial charge on any atom is -0.759 e. The van der Waals surface area contributed by atoms with Gasteiger partial charge in [0.2, 0.25) is 5.91 Å². The van der Waals surface area contributed by atoms with Crippen LogP contribution in [-0.4, -0.2) is 19.1 Å². The Morgan fingerprint density at radius 2 is 1.92 bits per heavy atom. The number of ether oxygens (including phenoxy) is 1. The third-order valence-corrected chi connectivity index (χ3v) is 4.23. The quantitative estimate of drug-likeness (QED) is 0.752. The predicted molar refractivity (Wildman–Crippen MR) is 91.2 cm³/mol. The minimum absolute atomic E-state index is 0.210. The number of halogens is 3. The third kappa shape index (κ3) is 5.22. The molecule has 2 aromatic rings. The second-order valence-electron chi connectivity index (χ2n) is 5.61. The van der Waals surface area contributed by atoms with Gasteiger partial charge in [0, 0.05) is 24.1 Å². The van der Waals surface area contributed by atoms with E-state index >= 15 is 0 Å². The SMILES string of the molecule is CO[C@H](CC(=O)N[O-])C(Cc1ccc(Cl)cc1)c1ccc(F)cc1F. The van der Waals surface area contributed by atoms with Gasteiger partial charge in [-0.15, -0.1) is 0 Å². The molecule has 2 rings (SSSR count). The summed E-state index contributed by atoms with van der Waals surface area (Å²) < 4.78 is 32.9. The Labute approximate surface area is 149 Å². The fraction of sp³-hybridized carbons (Fsp3) is 0.278. The summed E-state index contributed by atoms with van der Waals surface area (Å²) in [5.41, 5.74) is 2.34. The smallest absolute Gasteiger partial charge is 0.212 e. The van der Waals surface area contributed by atoms with Gasteiger partial charge in [0.25, 0.3) is 0 Å². The first-order chi connectivity index (χ1) is 11.9. The van der Waals surface area contributed by atoms with Crippen LogP contribution in [0, 0.1) is 16.8 Å². The van der Waals surface area contributed by atoms with E-state index in [4.69, 9.17) is 16.3 Å². The average molecular weight is 369 g/mol. The number of carbonyl (C=O) groups excluding carboxylic acids is 1. The van der Waals surface area contributed by atoms with Crippen LogP contribution in [0.25, 0.3) is 0 Å². The van der Waals surface area contributed by atoms with Crippen LogP contribution in [0.15, 0.2) is 42.5 Å². The Morgan fingerprint density at radius 1 is 1.24 bits per heavy atom. The molecule has 1 unspecified atom stereocenters. The molecule has 25 heavy (non-hydrogen) atoms. The Kier molecular flexibility index (Phi) is 6.87. The Balaban J connectivity index is 2.38. The maximum Gasteiger partial charge on any atom is 0.212 e. The van der Waals surface area contributed by atoms with Gasteiger partial charge < -0.3 is 15.4 Å². The van der Waals surface area contributed by atoms with E-state index in [-0.39, 0.29) is 12.0 Å². The van der Waals surface area contributed by atoms with Gasteiger partial charge in [0.1, 0.15) is 11.6 Å². The van der Waals surface area contributed by atoms with E-state index in [2.05, 4.69) is 0 Å². The molecule has 0 bridgehead atoms. The second-order valence-corrected chi connectivity index (χ2v) is 6.04. The first-order valence-corrected chi connectivity index (χ1v) is 7.95. The van der Waals surface area contributed by atoms with Gasteiger partial charge in [0.15, 0.2) is 0 Å². The van der Waals surface area contributed by atoms with E-state index in [0.717, 1.165) is 17.7 Å². The summed E-state index contributed by atoms with van der Waals surface area (Å²) in [6.07, 6.45) is -0.677. The van der Waals surface area contributed by atoms with Crippen molar-refractivity contribution >= 4 is 17.5 Å². The van der Waals surface area contributed by atoms with E-state index < -0.39 is 29.6 Å². The van der Waals surface area contributed by atoms with Crippen LogP contribution in [-0.2, 0) is 16.0 Å². The van der Waals surface area contributed by atoms with Crippen molar-refractivity contribution in [2.75, 3.05) is 7.11 Å². The molecule has 0 aliphatic carbocycles. The molecule has 0 saturated carbocycles. The highest BCUT2D eigenvalue weighted by Gasteiger charge is 2.28. The lowest BCUT2D eigenvalue weighted by molar-refractivity contribution is -0.123. The molecule has 0 aliphatic rings. The van der Waals surface area contributed by atoms with Gasteiger partial charge in [0.05, 0.1) is 12.5 Å². The molecule has 0 aliphatic heterocycles. The minimum atomic E-state index is -0.768. The maximum absolute atomic E-state index is 14.3. The summed E-state index contributed by atoms with van der Waals surface area (Å²) in [5.74, 6) is -2.79. The predicted octanol–water partition coefficient (Wildman–Crippen LogP) is 3.96. The van der Waals surface area contributed by atoms with E-state index in [1.54, 1.807) is 24.3 Å². The fourth-order valence-corrected chi connectivity index (χ4v) is 2.86. The Morgan fingerprint density at radius 3 is 2.48 bits per heavy atom. The molecule has 0 aromatic heterocycles. The molecule has 2 atom stereocenters. The van der Waals surface area contributed by atoms with Crippen molar-refractivity contribution in [1.82, 2.24) is 5.48 Å². The summed E-state index contributed by atoms with van der Waals surface area (Å²) in [6, 6.07) is 10.2. The van der Waals surface area contributed by atoms with Crippen LogP contribution in [0.4, 0.5) is 8.78 Å². The number of benzene rings is 2. The van der Waals surface area contributed by atoms with Crippen molar-refractivity contribution in [3.8, 4) is 0 Å². The van der Waals surface area contributed by atoms with E-state index in [9.17, 15) is 18.8 Å². The van der Waals surface area contributed by atoms with Crippen molar-refractivity contribution in [3.05, 3.63) is 75.5 Å². The zero-order chi connectivity index (χ0) is 18.4. The lowest BCUT2D eigenvalue weighted by atomic mass is 9.85. The maximum atomic E-state index is 14.3. The fourth-order valence-electron chi connectivity index (χ4n) is 2.73. The Bertz CT molecular complexity index is 725. The van der Waals surface area contributed by atoms with Gasteiger partial charge in [-0.3, -0.25) is 4.79 Å². The molecule has 0 heterocycles. The van der Waals surface area contributed by atoms with Crippen molar-refractivity contribution in [2.24, 2.45) is 0 Å². The number of methoxy groups -OCH3 is 1. The van der Waals surface area contributed by atoms with Crippen LogP contribution in [0.3, 0.4) is 0 Å². The standard InChI is InChI=1S/C18H17ClF2NO3/c1-25-17(10-18(23)22-24)15(8-11-2-4-12(19)5-3-11)14-7-6-13(20)9-16(14)21/h2-7,9,15,17H,8,10H2,1H3,(H-,22,23,24)/q-1/t15?,17-/m1/s1. The van der Waals surface area contributed by atoms with Gasteiger partial charge in [-0.25, -0.2) is 8.78 Å². The summed E-state index contributed by atoms with van der Waals surface area (Å²) >= 11 is 5.87. The highest BCUT2D eigenvalue weighted by atomic mass is 35.5. The summed E-state index contributed by atoms with van der Waals surface area (Å²) in [6.45, 7) is 0. The van der Waals surface area contributed by atoms with Crippen molar-refractivity contribution in [2.45, 2.75) is 24.9 Å². The molecule has 1 N–H and O–H groups in total. The topological polar surface area (TPSA) is 61.4 Å². The number of hydrogen-bond donors (Lipinski definition) is 1. The number of hydrogen-bond acceptors (Lipinski definition) is 3. The van der Waals surface area contributed by atoms with E-state index in [1.807, 2.05) is 0 Å². The zero-order valence-electron chi connectivity index (χ0n) is 13.5. The highest BCUT2D eigenvalue weighted by Crippen LogP contribution is 2.31. The molecular weight excluding hydrogens is 352 g/mol. The van der Waals surface area contributed by atoms with Crippen LogP contribution >= 0.6 is 11.6 Å². The summed E-state index contributed by atoms with van der Waals surface area (Å²) in [5, 5.41) is 11.1. The van der Waals surface area contributed by atoms with Crippen LogP contribution < -0.4 is 5.48 Å². The van der Waals surface area contributed by atoms with Crippen LogP contribution in [0.5, 0.6) is 0 Å². The zero-order valence-corrected chi connectivity index (χ0v) is 14.2. The van der Waals surface area contributed by atoms with Gasteiger partial charge in [-0.05, 0) is 35.7 Å². The normalized spacial score (nSPS) is 13.3. The lowest BCUT2D eigenvalue weighted by Crippen LogP contribution is -2.30. The second kappa shape index (κ2) is 8.89. The largest absolute Gasteiger partial charge is 0.759 e. The molecule has 0 spiro atoms. The van der Waals surface area contributed by atoms with Crippen LogP contribution in [0.2, 0.25) is 5.02 Å². The van der Waals surface area contributed by atoms with Gasteiger partial charge in [-0.2, -0.15) is 0 Å². The van der Waals surface area contributed by atoms with E-state index in [0.29, 0.717) is 11.4 Å². The number of carbonyl (C=O) groups is 1. The first-order valence-electron chi connectivity index (χ1n) is 7.57. The van der Waals surface area contributed by atoms with Crippen molar-refractivity contribution in [1.29, 1.82) is 0 Å². The van der Waals surface area contributed by atoms with Crippen LogP contribution in [0.1, 0.15) is 23.5 Å². The first kappa shape index (κ1) is 19.3. The third-order valence-electron chi connectivity index (χ3n) is 3.98. The number of rotatable bonds is 7. The number of amides is 1.